The van der Waals surface area contributed by atoms with E-state index in [9.17, 15) is 13.9 Å². The first-order valence-electron chi connectivity index (χ1n) is 19.2. The van der Waals surface area contributed by atoms with E-state index in [1.54, 1.807) is 24.3 Å². The molecule has 0 spiro atoms. The number of morpholine rings is 2. The van der Waals surface area contributed by atoms with Crippen LogP contribution < -0.4 is 14.8 Å². The molecule has 5 fully saturated rings. The molecule has 7 rings (SSSR count). The van der Waals surface area contributed by atoms with Crippen LogP contribution in [-0.4, -0.2) is 199 Å². The van der Waals surface area contributed by atoms with Gasteiger partial charge in [-0.15, -0.1) is 0 Å². The number of halogens is 4. The zero-order valence-electron chi connectivity index (χ0n) is 31.3. The second-order valence-corrected chi connectivity index (χ2v) is 15.7. The quantitative estimate of drug-likeness (QED) is 0.274. The molecule has 5 aliphatic heterocycles. The maximum absolute atomic E-state index is 13.5. The average molecular weight is 893 g/mol. The van der Waals surface area contributed by atoms with E-state index < -0.39 is 6.10 Å². The Bertz CT molecular complexity index is 1330. The van der Waals surface area contributed by atoms with E-state index in [-0.39, 0.29) is 24.3 Å². The maximum Gasteiger partial charge on any atom is 0.141 e. The van der Waals surface area contributed by atoms with Gasteiger partial charge in [-0.05, 0) is 56.1 Å². The lowest BCUT2D eigenvalue weighted by molar-refractivity contribution is 0.0241. The Morgan fingerprint density at radius 3 is 1.59 bits per heavy atom. The Balaban J connectivity index is 0.000000173. The molecule has 2 atom stereocenters. The Morgan fingerprint density at radius 1 is 0.667 bits per heavy atom. The summed E-state index contributed by atoms with van der Waals surface area (Å²) in [7, 11) is 0. The number of benzene rings is 2. The van der Waals surface area contributed by atoms with Gasteiger partial charge in [-0.2, -0.15) is 0 Å². The van der Waals surface area contributed by atoms with Crippen molar-refractivity contribution < 1.29 is 37.6 Å². The first-order chi connectivity index (χ1) is 26.3. The van der Waals surface area contributed by atoms with Crippen LogP contribution in [0.15, 0.2) is 45.3 Å². The highest BCUT2D eigenvalue weighted by Gasteiger charge is 2.23. The van der Waals surface area contributed by atoms with Crippen LogP contribution in [0, 0.1) is 11.6 Å². The van der Waals surface area contributed by atoms with Crippen LogP contribution in [0.5, 0.6) is 11.5 Å². The van der Waals surface area contributed by atoms with Crippen molar-refractivity contribution >= 4 is 31.9 Å². The minimum atomic E-state index is -0.586. The fraction of sp³-hybridized carbons (Fsp3) is 0.684. The van der Waals surface area contributed by atoms with Gasteiger partial charge in [0.25, 0.3) is 0 Å². The highest BCUT2D eigenvalue weighted by molar-refractivity contribution is 9.10. The first kappa shape index (κ1) is 43.6. The number of hydrogen-bond donors (Lipinski definition) is 2. The average Bonchev–Trinajstić information content (AvgIpc) is 4.04. The minimum absolute atomic E-state index is 0.165. The predicted octanol–water partition coefficient (Wildman–Crippen LogP) is 2.87. The van der Waals surface area contributed by atoms with Crippen LogP contribution >= 0.6 is 31.9 Å². The van der Waals surface area contributed by atoms with Gasteiger partial charge in [0.1, 0.15) is 48.6 Å². The van der Waals surface area contributed by atoms with Crippen molar-refractivity contribution in [3.63, 3.8) is 0 Å². The van der Waals surface area contributed by atoms with E-state index in [0.29, 0.717) is 33.6 Å². The number of aliphatic hydroxyl groups excluding tert-OH is 1. The van der Waals surface area contributed by atoms with Gasteiger partial charge in [0.15, 0.2) is 0 Å². The SMILES string of the molecule is C1CN(CCN2CCOCC2)CCN1.Fc1cc(OCC2CO2)ccc1Br.OC(COc1ccc(Br)c(F)c1)CN1CCN(CCN2CCOCC2)CC1. The van der Waals surface area contributed by atoms with Crippen LogP contribution in [0.2, 0.25) is 0 Å². The molecule has 2 N–H and O–H groups in total. The van der Waals surface area contributed by atoms with E-state index in [1.165, 1.54) is 38.3 Å². The van der Waals surface area contributed by atoms with E-state index >= 15 is 0 Å². The summed E-state index contributed by atoms with van der Waals surface area (Å²) in [6, 6.07) is 9.31. The van der Waals surface area contributed by atoms with Gasteiger partial charge in [-0.25, -0.2) is 8.78 Å². The van der Waals surface area contributed by atoms with E-state index in [2.05, 4.69) is 61.7 Å². The normalized spacial score (nSPS) is 22.4. The molecule has 0 amide bonds. The Morgan fingerprint density at radius 2 is 1.11 bits per heavy atom. The molecule has 0 aliphatic carbocycles. The summed E-state index contributed by atoms with van der Waals surface area (Å²) in [5.41, 5.74) is 0. The summed E-state index contributed by atoms with van der Waals surface area (Å²) in [5, 5.41) is 13.6. The summed E-state index contributed by atoms with van der Waals surface area (Å²) in [5.74, 6) is 0.295. The van der Waals surface area contributed by atoms with Gasteiger partial charge >= 0.3 is 0 Å². The molecule has 0 aromatic heterocycles. The lowest BCUT2D eigenvalue weighted by Gasteiger charge is -2.37. The molecular weight excluding hydrogens is 834 g/mol. The van der Waals surface area contributed by atoms with Crippen molar-refractivity contribution in [2.75, 3.05) is 158 Å². The minimum Gasteiger partial charge on any atom is -0.491 e. The highest BCUT2D eigenvalue weighted by atomic mass is 79.9. The third kappa shape index (κ3) is 16.9. The number of nitrogens with zero attached hydrogens (tertiary/aromatic N) is 5. The van der Waals surface area contributed by atoms with Crippen molar-refractivity contribution in [1.82, 2.24) is 29.8 Å². The van der Waals surface area contributed by atoms with Gasteiger partial charge in [0.2, 0.25) is 0 Å². The molecule has 0 saturated carbocycles. The molecule has 16 heteroatoms. The highest BCUT2D eigenvalue weighted by Crippen LogP contribution is 2.22. The molecule has 5 aliphatic rings. The van der Waals surface area contributed by atoms with E-state index in [1.807, 2.05) is 0 Å². The standard InChI is InChI=1S/C19H29BrFN3O3.C10H21N3O.C9H8BrFO2/c20-18-2-1-17(13-19(18)21)27-15-16(25)14-24-7-5-22(6-8-24)3-4-23-9-11-26-12-10-23;1-3-12(4-2-11-1)5-6-13-7-9-14-10-8-13;10-8-2-1-6(3-9(8)11)12-4-7-5-13-7/h1-2,13,16,25H,3-12,14-15H2;11H,1-10H2;1-3,7H,4-5H2. The molecule has 0 radical (unpaired) electrons. The number of hydrogen-bond acceptors (Lipinski definition) is 12. The molecule has 0 bridgehead atoms. The molecule has 5 saturated heterocycles. The zero-order chi connectivity index (χ0) is 38.0. The number of ether oxygens (including phenoxy) is 5. The second kappa shape index (κ2) is 24.3. The Labute approximate surface area is 336 Å². The molecule has 12 nitrogen and oxygen atoms in total. The Hall–Kier alpha value is -1.54. The maximum atomic E-state index is 13.5. The van der Waals surface area contributed by atoms with Crippen molar-refractivity contribution in [2.45, 2.75) is 12.2 Å². The van der Waals surface area contributed by atoms with Crippen LogP contribution in [0.1, 0.15) is 0 Å². The van der Waals surface area contributed by atoms with Gasteiger partial charge in [-0.1, -0.05) is 0 Å². The molecule has 5 heterocycles. The number of β-amino-alcohol motifs (C(OH)–C–C–N with tert-alkyl or cyclic N) is 1. The number of epoxide rings is 1. The van der Waals surface area contributed by atoms with E-state index in [4.69, 9.17) is 23.7 Å². The third-order valence-electron chi connectivity index (χ3n) is 9.88. The molecule has 304 valence electrons. The summed E-state index contributed by atoms with van der Waals surface area (Å²) in [6.07, 6.45) is -0.386. The first-order valence-corrected chi connectivity index (χ1v) is 20.8. The Kier molecular flexibility index (Phi) is 19.6. The summed E-state index contributed by atoms with van der Waals surface area (Å²) >= 11 is 6.18. The third-order valence-corrected chi connectivity index (χ3v) is 11.2. The number of aliphatic hydroxyl groups is 1. The number of rotatable bonds is 14. The number of nitrogens with one attached hydrogen (secondary N) is 1. The topological polar surface area (TPSA) is 97.9 Å². The molecular formula is C38H58Br2F2N6O6. The van der Waals surface area contributed by atoms with Crippen LogP contribution in [0.4, 0.5) is 8.78 Å². The smallest absolute Gasteiger partial charge is 0.141 e. The monoisotopic (exact) mass is 890 g/mol. The van der Waals surface area contributed by atoms with Crippen molar-refractivity contribution in [2.24, 2.45) is 0 Å². The summed E-state index contributed by atoms with van der Waals surface area (Å²) in [4.78, 5) is 12.3. The largest absolute Gasteiger partial charge is 0.491 e. The van der Waals surface area contributed by atoms with Crippen LogP contribution in [0.25, 0.3) is 0 Å². The van der Waals surface area contributed by atoms with Crippen molar-refractivity contribution in [1.29, 1.82) is 0 Å². The van der Waals surface area contributed by atoms with Gasteiger partial charge in [0, 0.05) is 123 Å². The summed E-state index contributed by atoms with van der Waals surface area (Å²) < 4.78 is 53.8. The second-order valence-electron chi connectivity index (χ2n) is 14.0. The fourth-order valence-electron chi connectivity index (χ4n) is 6.38. The molecule has 2 aromatic carbocycles. The molecule has 2 unspecified atom stereocenters. The van der Waals surface area contributed by atoms with Gasteiger partial charge < -0.3 is 34.1 Å². The predicted molar refractivity (Wildman–Crippen MR) is 212 cm³/mol. The van der Waals surface area contributed by atoms with Gasteiger partial charge in [-0.3, -0.25) is 24.5 Å². The lowest BCUT2D eigenvalue weighted by Crippen LogP contribution is -2.51. The zero-order valence-corrected chi connectivity index (χ0v) is 34.5. The molecule has 54 heavy (non-hydrogen) atoms. The summed E-state index contributed by atoms with van der Waals surface area (Å²) in [6.45, 7) is 23.1. The van der Waals surface area contributed by atoms with Crippen LogP contribution in [-0.2, 0) is 14.2 Å². The number of piperazine rings is 2. The van der Waals surface area contributed by atoms with Crippen molar-refractivity contribution in [3.05, 3.63) is 57.0 Å². The lowest BCUT2D eigenvalue weighted by atomic mass is 10.2. The van der Waals surface area contributed by atoms with Crippen LogP contribution in [0.3, 0.4) is 0 Å². The van der Waals surface area contributed by atoms with Gasteiger partial charge in [0.05, 0.1) is 42.0 Å². The fourth-order valence-corrected chi connectivity index (χ4v) is 6.87. The van der Waals surface area contributed by atoms with Crippen molar-refractivity contribution in [3.8, 4) is 11.5 Å². The molecule has 2 aromatic rings. The van der Waals surface area contributed by atoms with E-state index in [0.717, 1.165) is 112 Å².